The molecule has 2 aliphatic rings. The van der Waals surface area contributed by atoms with E-state index in [9.17, 15) is 4.79 Å². The predicted octanol–water partition coefficient (Wildman–Crippen LogP) is 1.29. The Morgan fingerprint density at radius 3 is 2.92 bits per heavy atom. The fourth-order valence-electron chi connectivity index (χ4n) is 2.29. The molecular formula is C9H15NO2S. The molecule has 0 aromatic carbocycles. The zero-order valence-corrected chi connectivity index (χ0v) is 8.56. The Balaban J connectivity index is 2.01. The summed E-state index contributed by atoms with van der Waals surface area (Å²) in [6.07, 6.45) is 3.48. The second kappa shape index (κ2) is 3.17. The average molecular weight is 201 g/mol. The predicted molar refractivity (Wildman–Crippen MR) is 52.8 cm³/mol. The molecule has 3 nitrogen and oxygen atoms in total. The summed E-state index contributed by atoms with van der Waals surface area (Å²) in [4.78, 5) is 10.8. The molecule has 4 heteroatoms. The van der Waals surface area contributed by atoms with Gasteiger partial charge in [0.15, 0.2) is 0 Å². The Morgan fingerprint density at radius 1 is 1.69 bits per heavy atom. The van der Waals surface area contributed by atoms with Crippen LogP contribution in [-0.4, -0.2) is 27.7 Å². The van der Waals surface area contributed by atoms with Crippen LogP contribution in [0.3, 0.4) is 0 Å². The summed E-state index contributed by atoms with van der Waals surface area (Å²) in [6.45, 7) is 2.24. The maximum absolute atomic E-state index is 10.7. The summed E-state index contributed by atoms with van der Waals surface area (Å²) in [6, 6.07) is -0.324. The van der Waals surface area contributed by atoms with E-state index in [1.54, 1.807) is 11.8 Å². The van der Waals surface area contributed by atoms with Gasteiger partial charge in [0.2, 0.25) is 0 Å². The van der Waals surface area contributed by atoms with Gasteiger partial charge in [0.1, 0.15) is 6.04 Å². The maximum Gasteiger partial charge on any atom is 0.321 e. The lowest BCUT2D eigenvalue weighted by atomic mass is 10.1. The maximum atomic E-state index is 10.7. The molecule has 74 valence electrons. The van der Waals surface area contributed by atoms with Crippen molar-refractivity contribution in [3.63, 3.8) is 0 Å². The van der Waals surface area contributed by atoms with Crippen molar-refractivity contribution in [3.8, 4) is 0 Å². The van der Waals surface area contributed by atoms with E-state index >= 15 is 0 Å². The van der Waals surface area contributed by atoms with Crippen LogP contribution < -0.4 is 5.32 Å². The molecule has 2 rings (SSSR count). The molecule has 2 unspecified atom stereocenters. The minimum Gasteiger partial charge on any atom is -0.480 e. The minimum absolute atomic E-state index is 0.0997. The minimum atomic E-state index is -0.705. The molecule has 13 heavy (non-hydrogen) atoms. The molecule has 1 spiro atoms. The van der Waals surface area contributed by atoms with Gasteiger partial charge in [-0.25, -0.2) is 0 Å². The Labute approximate surface area is 82.3 Å². The molecule has 0 radical (unpaired) electrons. The molecule has 0 aromatic rings. The molecule has 1 heterocycles. The molecule has 2 N–H and O–H groups in total. The van der Waals surface area contributed by atoms with E-state index in [0.717, 1.165) is 24.5 Å². The standard InChI is InChI=1S/C9H15NO2S/c1-6-2-3-9(4-6)10-7(5-13-9)8(11)12/h6-7,10H,2-5H2,1H3,(H,11,12)/t6?,7-,9?/m1/s1. The fraction of sp³-hybridized carbons (Fsp3) is 0.889. The summed E-state index contributed by atoms with van der Waals surface area (Å²) in [5, 5.41) is 12.1. The first-order valence-electron chi connectivity index (χ1n) is 4.76. The number of carbonyl (C=O) groups is 1. The van der Waals surface area contributed by atoms with Crippen molar-refractivity contribution in [2.75, 3.05) is 5.75 Å². The van der Waals surface area contributed by atoms with Crippen LogP contribution in [0.2, 0.25) is 0 Å². The molecule has 3 atom stereocenters. The highest BCUT2D eigenvalue weighted by Crippen LogP contribution is 2.45. The number of carboxylic acid groups (broad SMARTS) is 1. The summed E-state index contributed by atoms with van der Waals surface area (Å²) in [5.74, 6) is 0.763. The van der Waals surface area contributed by atoms with Crippen molar-refractivity contribution in [1.82, 2.24) is 5.32 Å². The third kappa shape index (κ3) is 1.70. The number of aliphatic carboxylic acids is 1. The molecule has 1 aliphatic carbocycles. The number of hydrogen-bond donors (Lipinski definition) is 2. The van der Waals surface area contributed by atoms with Crippen LogP contribution in [0.25, 0.3) is 0 Å². The molecule has 1 saturated carbocycles. The van der Waals surface area contributed by atoms with Gasteiger partial charge in [-0.15, -0.1) is 11.8 Å². The largest absolute Gasteiger partial charge is 0.480 e. The van der Waals surface area contributed by atoms with Crippen molar-refractivity contribution in [3.05, 3.63) is 0 Å². The summed E-state index contributed by atoms with van der Waals surface area (Å²) < 4.78 is 0. The van der Waals surface area contributed by atoms with E-state index in [1.807, 2.05) is 0 Å². The SMILES string of the molecule is CC1CCC2(C1)N[C@@H](C(=O)O)CS2. The highest BCUT2D eigenvalue weighted by molar-refractivity contribution is 8.01. The van der Waals surface area contributed by atoms with E-state index < -0.39 is 5.97 Å². The monoisotopic (exact) mass is 201 g/mol. The van der Waals surface area contributed by atoms with Gasteiger partial charge in [-0.1, -0.05) is 6.92 Å². The van der Waals surface area contributed by atoms with E-state index in [4.69, 9.17) is 5.11 Å². The zero-order chi connectivity index (χ0) is 9.47. The molecule has 0 bridgehead atoms. The van der Waals surface area contributed by atoms with E-state index in [2.05, 4.69) is 12.2 Å². The topological polar surface area (TPSA) is 49.3 Å². The van der Waals surface area contributed by atoms with Crippen LogP contribution in [0, 0.1) is 5.92 Å². The smallest absolute Gasteiger partial charge is 0.321 e. The lowest BCUT2D eigenvalue weighted by molar-refractivity contribution is -0.138. The van der Waals surface area contributed by atoms with Crippen LogP contribution in [0.4, 0.5) is 0 Å². The first-order chi connectivity index (χ1) is 6.11. The highest BCUT2D eigenvalue weighted by atomic mass is 32.2. The van der Waals surface area contributed by atoms with Crippen molar-refractivity contribution in [2.24, 2.45) is 5.92 Å². The summed E-state index contributed by atoms with van der Waals surface area (Å²) >= 11 is 1.80. The van der Waals surface area contributed by atoms with Crippen LogP contribution in [-0.2, 0) is 4.79 Å². The van der Waals surface area contributed by atoms with Gasteiger partial charge < -0.3 is 5.11 Å². The van der Waals surface area contributed by atoms with Crippen LogP contribution in [0.5, 0.6) is 0 Å². The number of carboxylic acids is 1. The highest BCUT2D eigenvalue weighted by Gasteiger charge is 2.45. The Hall–Kier alpha value is -0.220. The van der Waals surface area contributed by atoms with Crippen molar-refractivity contribution in [1.29, 1.82) is 0 Å². The normalized spacial score (nSPS) is 44.4. The number of rotatable bonds is 1. The first-order valence-corrected chi connectivity index (χ1v) is 5.74. The van der Waals surface area contributed by atoms with Gasteiger partial charge in [-0.05, 0) is 25.2 Å². The van der Waals surface area contributed by atoms with Crippen LogP contribution in [0.1, 0.15) is 26.2 Å². The summed E-state index contributed by atoms with van der Waals surface area (Å²) in [5.41, 5.74) is 0. The van der Waals surface area contributed by atoms with E-state index in [-0.39, 0.29) is 10.9 Å². The van der Waals surface area contributed by atoms with Crippen LogP contribution >= 0.6 is 11.8 Å². The van der Waals surface area contributed by atoms with Crippen molar-refractivity contribution < 1.29 is 9.90 Å². The van der Waals surface area contributed by atoms with Gasteiger partial charge >= 0.3 is 5.97 Å². The molecule has 2 fully saturated rings. The van der Waals surface area contributed by atoms with Gasteiger partial charge in [0.05, 0.1) is 4.87 Å². The number of thioether (sulfide) groups is 1. The second-order valence-corrected chi connectivity index (χ2v) is 5.59. The lowest BCUT2D eigenvalue weighted by Gasteiger charge is -2.23. The quantitative estimate of drug-likeness (QED) is 0.671. The fourth-order valence-corrected chi connectivity index (χ4v) is 3.89. The van der Waals surface area contributed by atoms with E-state index in [0.29, 0.717) is 0 Å². The molecule has 1 saturated heterocycles. The van der Waals surface area contributed by atoms with Gasteiger partial charge in [-0.2, -0.15) is 0 Å². The first kappa shape index (κ1) is 9.34. The van der Waals surface area contributed by atoms with Crippen molar-refractivity contribution >= 4 is 17.7 Å². The lowest BCUT2D eigenvalue weighted by Crippen LogP contribution is -2.43. The molecule has 1 aliphatic heterocycles. The third-order valence-electron chi connectivity index (χ3n) is 2.98. The molecular weight excluding hydrogens is 186 g/mol. The van der Waals surface area contributed by atoms with Gasteiger partial charge in [0, 0.05) is 5.75 Å². The zero-order valence-electron chi connectivity index (χ0n) is 7.75. The molecule has 0 aromatic heterocycles. The van der Waals surface area contributed by atoms with Crippen molar-refractivity contribution in [2.45, 2.75) is 37.1 Å². The third-order valence-corrected chi connectivity index (χ3v) is 4.52. The second-order valence-electron chi connectivity index (χ2n) is 4.19. The van der Waals surface area contributed by atoms with E-state index in [1.165, 1.54) is 6.42 Å². The van der Waals surface area contributed by atoms with Gasteiger partial charge in [-0.3, -0.25) is 10.1 Å². The number of hydrogen-bond acceptors (Lipinski definition) is 3. The Morgan fingerprint density at radius 2 is 2.46 bits per heavy atom. The Kier molecular flexibility index (Phi) is 2.28. The number of nitrogens with one attached hydrogen (secondary N) is 1. The average Bonchev–Trinajstić information content (AvgIpc) is 2.61. The van der Waals surface area contributed by atoms with Gasteiger partial charge in [0.25, 0.3) is 0 Å². The van der Waals surface area contributed by atoms with Crippen LogP contribution in [0.15, 0.2) is 0 Å². The molecule has 0 amide bonds. The Bertz CT molecular complexity index is 234. The summed E-state index contributed by atoms with van der Waals surface area (Å²) in [7, 11) is 0.